The predicted octanol–water partition coefficient (Wildman–Crippen LogP) is 5.97. The largest absolute Gasteiger partial charge is 0.481 e. The number of Topliss-reactive ketones (excluding diaryl/α,β-unsaturated/α-hetero) is 1. The van der Waals surface area contributed by atoms with Crippen molar-refractivity contribution in [3.05, 3.63) is 0 Å². The first-order chi connectivity index (χ1) is 26.6. The minimum absolute atomic E-state index is 0.0361. The molecule has 0 rings (SSSR count). The third-order valence-corrected chi connectivity index (χ3v) is 9.15. The number of carbonyl (C=O) groups is 5. The summed E-state index contributed by atoms with van der Waals surface area (Å²) in [5, 5.41) is 27.0. The highest BCUT2D eigenvalue weighted by molar-refractivity contribution is 5.83. The summed E-state index contributed by atoms with van der Waals surface area (Å²) in [4.78, 5) is 57.1. The second-order valence-electron chi connectivity index (χ2n) is 14.5. The highest BCUT2D eigenvalue weighted by Crippen LogP contribution is 2.15. The van der Waals surface area contributed by atoms with Crippen molar-refractivity contribution >= 4 is 29.5 Å². The third-order valence-electron chi connectivity index (χ3n) is 9.15. The van der Waals surface area contributed by atoms with E-state index >= 15 is 0 Å². The van der Waals surface area contributed by atoms with Crippen LogP contribution < -0.4 is 16.0 Å². The Balaban J connectivity index is 3.61. The molecule has 0 aliphatic carbocycles. The zero-order valence-electron chi connectivity index (χ0n) is 34.4. The molecule has 14 heteroatoms. The van der Waals surface area contributed by atoms with Gasteiger partial charge in [0.25, 0.3) is 0 Å². The number of carboxylic acids is 2. The van der Waals surface area contributed by atoms with E-state index in [4.69, 9.17) is 24.1 Å². The van der Waals surface area contributed by atoms with E-state index < -0.39 is 18.0 Å². The SMILES string of the molecule is CC(=O)COCCOCCNC(=O)COCCOCCNC(C)CCCC[C@H](NC(=O)CCCCCCCCCCCCCCCCCCC(=O)O)C(=O)O. The van der Waals surface area contributed by atoms with Crippen LogP contribution >= 0.6 is 0 Å². The molecule has 0 aromatic carbocycles. The number of amides is 2. The van der Waals surface area contributed by atoms with Crippen LogP contribution in [0.5, 0.6) is 0 Å². The summed E-state index contributed by atoms with van der Waals surface area (Å²) in [6, 6.07) is -0.605. The molecule has 1 unspecified atom stereocenters. The summed E-state index contributed by atoms with van der Waals surface area (Å²) in [6.07, 6.45) is 22.0. The second-order valence-corrected chi connectivity index (χ2v) is 14.5. The molecule has 14 nitrogen and oxygen atoms in total. The van der Waals surface area contributed by atoms with Crippen LogP contribution in [0.25, 0.3) is 0 Å². The molecule has 322 valence electrons. The Labute approximate surface area is 331 Å². The predicted molar refractivity (Wildman–Crippen MR) is 213 cm³/mol. The average molecular weight is 788 g/mol. The summed E-state index contributed by atoms with van der Waals surface area (Å²) >= 11 is 0. The summed E-state index contributed by atoms with van der Waals surface area (Å²) in [7, 11) is 0. The van der Waals surface area contributed by atoms with Crippen molar-refractivity contribution in [3.63, 3.8) is 0 Å². The van der Waals surface area contributed by atoms with E-state index in [1.54, 1.807) is 0 Å². The van der Waals surface area contributed by atoms with Crippen LogP contribution in [-0.2, 0) is 42.9 Å². The maximum absolute atomic E-state index is 12.4. The lowest BCUT2D eigenvalue weighted by Gasteiger charge is -2.16. The quantitative estimate of drug-likeness (QED) is 0.0455. The van der Waals surface area contributed by atoms with Crippen molar-refractivity contribution in [2.75, 3.05) is 65.9 Å². The molecule has 0 spiro atoms. The lowest BCUT2D eigenvalue weighted by atomic mass is 10.0. The lowest BCUT2D eigenvalue weighted by Crippen LogP contribution is -2.40. The van der Waals surface area contributed by atoms with Gasteiger partial charge in [0.15, 0.2) is 5.78 Å². The summed E-state index contributed by atoms with van der Waals surface area (Å²) in [5.41, 5.74) is 0. The standard InChI is InChI=1S/C41H77N3O11/c1-35(42-25-27-52-30-32-55-34-39(47)43-26-28-53-29-31-54-33-36(2)45)21-19-20-22-37(41(50)51)44-38(46)23-17-15-13-11-9-7-5-3-4-6-8-10-12-14-16-18-24-40(48)49/h35,37,42H,3-34H2,1-2H3,(H,43,47)(H,44,46)(H,48,49)(H,50,51)/t35?,37-/m0/s1. The molecular formula is C41H77N3O11. The number of ketones is 1. The number of carbonyl (C=O) groups excluding carboxylic acids is 3. The first kappa shape index (κ1) is 52.3. The molecule has 0 bridgehead atoms. The fraction of sp³-hybridized carbons (Fsp3) is 0.878. The summed E-state index contributed by atoms with van der Waals surface area (Å²) in [6.45, 7) is 6.79. The van der Waals surface area contributed by atoms with E-state index in [0.29, 0.717) is 78.4 Å². The molecule has 0 saturated carbocycles. The first-order valence-corrected chi connectivity index (χ1v) is 21.2. The van der Waals surface area contributed by atoms with E-state index in [1.165, 1.54) is 71.1 Å². The molecule has 0 aliphatic heterocycles. The Kier molecular flexibility index (Phi) is 37.7. The van der Waals surface area contributed by atoms with Gasteiger partial charge in [-0.05, 0) is 39.5 Å². The van der Waals surface area contributed by atoms with E-state index in [2.05, 4.69) is 22.9 Å². The molecule has 0 aromatic rings. The highest BCUT2D eigenvalue weighted by Gasteiger charge is 2.19. The van der Waals surface area contributed by atoms with E-state index in [0.717, 1.165) is 51.4 Å². The molecule has 2 amide bonds. The Morgan fingerprint density at radius 3 is 1.47 bits per heavy atom. The number of aliphatic carboxylic acids is 2. The Bertz CT molecular complexity index is 970. The van der Waals surface area contributed by atoms with Crippen LogP contribution in [0, 0.1) is 0 Å². The fourth-order valence-corrected chi connectivity index (χ4v) is 5.97. The fourth-order valence-electron chi connectivity index (χ4n) is 5.97. The number of rotatable bonds is 43. The van der Waals surface area contributed by atoms with Gasteiger partial charge in [-0.25, -0.2) is 4.79 Å². The smallest absolute Gasteiger partial charge is 0.326 e. The van der Waals surface area contributed by atoms with Gasteiger partial charge in [0.2, 0.25) is 11.8 Å². The van der Waals surface area contributed by atoms with Crippen molar-refractivity contribution in [1.29, 1.82) is 0 Å². The zero-order valence-corrected chi connectivity index (χ0v) is 34.4. The van der Waals surface area contributed by atoms with Gasteiger partial charge in [-0.1, -0.05) is 103 Å². The van der Waals surface area contributed by atoms with Gasteiger partial charge in [-0.3, -0.25) is 19.2 Å². The normalized spacial score (nSPS) is 12.3. The maximum Gasteiger partial charge on any atom is 0.326 e. The number of nitrogens with one attached hydrogen (secondary N) is 3. The molecule has 0 radical (unpaired) electrons. The van der Waals surface area contributed by atoms with Crippen LogP contribution in [0.4, 0.5) is 0 Å². The lowest BCUT2D eigenvalue weighted by molar-refractivity contribution is -0.142. The molecular weight excluding hydrogens is 710 g/mol. The zero-order chi connectivity index (χ0) is 40.6. The van der Waals surface area contributed by atoms with Crippen LogP contribution in [-0.4, -0.2) is 118 Å². The Morgan fingerprint density at radius 1 is 0.509 bits per heavy atom. The second kappa shape index (κ2) is 39.6. The van der Waals surface area contributed by atoms with Crippen LogP contribution in [0.2, 0.25) is 0 Å². The number of unbranched alkanes of at least 4 members (excludes halogenated alkanes) is 16. The molecule has 0 aromatic heterocycles. The van der Waals surface area contributed by atoms with Gasteiger partial charge in [-0.2, -0.15) is 0 Å². The number of carboxylic acid groups (broad SMARTS) is 2. The van der Waals surface area contributed by atoms with Gasteiger partial charge >= 0.3 is 11.9 Å². The van der Waals surface area contributed by atoms with Crippen molar-refractivity contribution in [2.45, 2.75) is 167 Å². The Hall–Kier alpha value is -2.65. The van der Waals surface area contributed by atoms with E-state index in [-0.39, 0.29) is 36.9 Å². The molecule has 5 N–H and O–H groups in total. The Morgan fingerprint density at radius 2 is 0.964 bits per heavy atom. The minimum Gasteiger partial charge on any atom is -0.481 e. The summed E-state index contributed by atoms with van der Waals surface area (Å²) in [5.74, 6) is -2.13. The maximum atomic E-state index is 12.4. The third kappa shape index (κ3) is 40.8. The minimum atomic E-state index is -0.985. The molecule has 55 heavy (non-hydrogen) atoms. The highest BCUT2D eigenvalue weighted by atomic mass is 16.5. The van der Waals surface area contributed by atoms with Crippen molar-refractivity contribution in [1.82, 2.24) is 16.0 Å². The molecule has 0 heterocycles. The number of ether oxygens (including phenoxy) is 4. The monoisotopic (exact) mass is 788 g/mol. The topological polar surface area (TPSA) is 199 Å². The number of hydrogen-bond donors (Lipinski definition) is 5. The number of hydrogen-bond acceptors (Lipinski definition) is 10. The van der Waals surface area contributed by atoms with Crippen LogP contribution in [0.3, 0.4) is 0 Å². The van der Waals surface area contributed by atoms with E-state index in [9.17, 15) is 29.1 Å². The first-order valence-electron chi connectivity index (χ1n) is 21.2. The van der Waals surface area contributed by atoms with Crippen molar-refractivity contribution in [2.24, 2.45) is 0 Å². The van der Waals surface area contributed by atoms with Gasteiger partial charge < -0.3 is 45.1 Å². The summed E-state index contributed by atoms with van der Waals surface area (Å²) < 4.78 is 21.3. The van der Waals surface area contributed by atoms with Crippen LogP contribution in [0.1, 0.15) is 155 Å². The molecule has 0 fully saturated rings. The van der Waals surface area contributed by atoms with Gasteiger partial charge in [-0.15, -0.1) is 0 Å². The molecule has 2 atom stereocenters. The van der Waals surface area contributed by atoms with Gasteiger partial charge in [0, 0.05) is 32.0 Å². The van der Waals surface area contributed by atoms with Crippen molar-refractivity contribution < 1.29 is 53.1 Å². The van der Waals surface area contributed by atoms with Gasteiger partial charge in [0.05, 0.1) is 39.6 Å². The van der Waals surface area contributed by atoms with Crippen LogP contribution in [0.15, 0.2) is 0 Å². The van der Waals surface area contributed by atoms with Crippen molar-refractivity contribution in [3.8, 4) is 0 Å². The average Bonchev–Trinajstić information content (AvgIpc) is 3.14. The van der Waals surface area contributed by atoms with Gasteiger partial charge in [0.1, 0.15) is 19.3 Å². The van der Waals surface area contributed by atoms with E-state index in [1.807, 2.05) is 0 Å². The molecule has 0 aliphatic rings. The molecule has 0 saturated heterocycles.